The van der Waals surface area contributed by atoms with Crippen LogP contribution >= 0.6 is 11.6 Å². The van der Waals surface area contributed by atoms with Crippen molar-refractivity contribution in [2.75, 3.05) is 38.8 Å². The normalized spacial score (nSPS) is 21.2. The number of nitrogens with zero attached hydrogens (tertiary/aromatic N) is 2. The molecule has 2 amide bonds. The molecule has 2 unspecified atom stereocenters. The van der Waals surface area contributed by atoms with Crippen LogP contribution in [0.3, 0.4) is 0 Å². The quantitative estimate of drug-likeness (QED) is 0.728. The Morgan fingerprint density at radius 1 is 1.07 bits per heavy atom. The Balaban J connectivity index is 1.43. The second-order valence-corrected chi connectivity index (χ2v) is 8.20. The van der Waals surface area contributed by atoms with Gasteiger partial charge in [-0.15, -0.1) is 0 Å². The molecule has 4 rings (SSSR count). The fraction of sp³-hybridized carbons (Fsp3) is 0.391. The van der Waals surface area contributed by atoms with Crippen LogP contribution in [0.1, 0.15) is 24.3 Å². The summed E-state index contributed by atoms with van der Waals surface area (Å²) < 4.78 is 10.6. The average Bonchev–Trinajstić information content (AvgIpc) is 3.40. The Morgan fingerprint density at radius 2 is 1.83 bits per heavy atom. The molecule has 0 bridgehead atoms. The van der Waals surface area contributed by atoms with Gasteiger partial charge in [-0.2, -0.15) is 0 Å². The number of methoxy groups -OCH3 is 2. The molecule has 0 aliphatic carbocycles. The van der Waals surface area contributed by atoms with Crippen LogP contribution in [0.25, 0.3) is 0 Å². The minimum absolute atomic E-state index is 0.0443. The van der Waals surface area contributed by atoms with Crippen LogP contribution in [0.4, 0.5) is 5.69 Å². The van der Waals surface area contributed by atoms with Gasteiger partial charge in [-0.25, -0.2) is 0 Å². The molecule has 2 aliphatic heterocycles. The van der Waals surface area contributed by atoms with Gasteiger partial charge in [-0.3, -0.25) is 9.59 Å². The van der Waals surface area contributed by atoms with Crippen molar-refractivity contribution in [3.63, 3.8) is 0 Å². The number of ether oxygens (including phenoxy) is 2. The summed E-state index contributed by atoms with van der Waals surface area (Å²) in [6.45, 7) is 1.73. The maximum Gasteiger partial charge on any atom is 0.228 e. The number of likely N-dealkylation sites (tertiary alicyclic amines) is 1. The largest absolute Gasteiger partial charge is 0.497 e. The summed E-state index contributed by atoms with van der Waals surface area (Å²) in [4.78, 5) is 29.3. The SMILES string of the molecule is COc1ccc(C2CCN(C(=O)C3CC(=O)N(c4cc(Cl)ccc4OC)C3)C2)cc1. The van der Waals surface area contributed by atoms with E-state index in [1.54, 1.807) is 37.3 Å². The highest BCUT2D eigenvalue weighted by molar-refractivity contribution is 6.31. The van der Waals surface area contributed by atoms with Crippen LogP contribution < -0.4 is 14.4 Å². The lowest BCUT2D eigenvalue weighted by molar-refractivity contribution is -0.134. The molecule has 2 aliphatic rings. The van der Waals surface area contributed by atoms with Gasteiger partial charge in [0.25, 0.3) is 0 Å². The fourth-order valence-electron chi connectivity index (χ4n) is 4.35. The van der Waals surface area contributed by atoms with E-state index in [4.69, 9.17) is 21.1 Å². The Morgan fingerprint density at radius 3 is 2.53 bits per heavy atom. The van der Waals surface area contributed by atoms with Crippen LogP contribution in [0.5, 0.6) is 11.5 Å². The first kappa shape index (κ1) is 20.5. The molecule has 2 heterocycles. The Hall–Kier alpha value is -2.73. The van der Waals surface area contributed by atoms with Crippen LogP contribution in [-0.2, 0) is 9.59 Å². The third-order valence-corrected chi connectivity index (χ3v) is 6.23. The lowest BCUT2D eigenvalue weighted by atomic mass is 9.98. The molecular weight excluding hydrogens is 404 g/mol. The summed E-state index contributed by atoms with van der Waals surface area (Å²) in [6, 6.07) is 13.2. The molecule has 0 spiro atoms. The van der Waals surface area contributed by atoms with E-state index in [0.717, 1.165) is 12.2 Å². The van der Waals surface area contributed by atoms with Crippen molar-refractivity contribution in [2.24, 2.45) is 5.92 Å². The Bertz CT molecular complexity index is 947. The van der Waals surface area contributed by atoms with Crippen molar-refractivity contribution in [2.45, 2.75) is 18.8 Å². The van der Waals surface area contributed by atoms with E-state index >= 15 is 0 Å². The number of carbonyl (C=O) groups is 2. The fourth-order valence-corrected chi connectivity index (χ4v) is 4.51. The molecule has 0 N–H and O–H groups in total. The van der Waals surface area contributed by atoms with Crippen molar-refractivity contribution >= 4 is 29.1 Å². The first-order valence-corrected chi connectivity index (χ1v) is 10.4. The molecule has 158 valence electrons. The molecule has 2 aromatic rings. The van der Waals surface area contributed by atoms with E-state index in [1.807, 2.05) is 17.0 Å². The summed E-state index contributed by atoms with van der Waals surface area (Å²) in [6.07, 6.45) is 1.13. The zero-order valence-corrected chi connectivity index (χ0v) is 17.9. The minimum Gasteiger partial charge on any atom is -0.497 e. The third kappa shape index (κ3) is 3.97. The van der Waals surface area contributed by atoms with E-state index in [1.165, 1.54) is 5.56 Å². The Kier molecular flexibility index (Phi) is 5.86. The maximum absolute atomic E-state index is 13.1. The number of hydrogen-bond acceptors (Lipinski definition) is 4. The molecule has 0 saturated carbocycles. The number of hydrogen-bond donors (Lipinski definition) is 0. The molecule has 2 atom stereocenters. The maximum atomic E-state index is 13.1. The average molecular weight is 429 g/mol. The predicted octanol–water partition coefficient (Wildman–Crippen LogP) is 3.73. The van der Waals surface area contributed by atoms with Crippen LogP contribution in [0, 0.1) is 5.92 Å². The van der Waals surface area contributed by atoms with E-state index in [0.29, 0.717) is 42.0 Å². The lowest BCUT2D eigenvalue weighted by Crippen LogP contribution is -2.36. The van der Waals surface area contributed by atoms with Crippen molar-refractivity contribution in [1.82, 2.24) is 4.90 Å². The zero-order chi connectivity index (χ0) is 21.3. The van der Waals surface area contributed by atoms with Gasteiger partial charge in [0.2, 0.25) is 11.8 Å². The summed E-state index contributed by atoms with van der Waals surface area (Å²) in [5.41, 5.74) is 1.82. The number of halogens is 1. The van der Waals surface area contributed by atoms with Crippen molar-refractivity contribution in [3.05, 3.63) is 53.1 Å². The van der Waals surface area contributed by atoms with Crippen molar-refractivity contribution in [3.8, 4) is 11.5 Å². The van der Waals surface area contributed by atoms with Crippen molar-refractivity contribution in [1.29, 1.82) is 0 Å². The van der Waals surface area contributed by atoms with E-state index in [9.17, 15) is 9.59 Å². The molecule has 0 radical (unpaired) electrons. The number of amides is 2. The Labute approximate surface area is 181 Å². The van der Waals surface area contributed by atoms with Crippen LogP contribution in [0.15, 0.2) is 42.5 Å². The lowest BCUT2D eigenvalue weighted by Gasteiger charge is -2.22. The van der Waals surface area contributed by atoms with Gasteiger partial charge < -0.3 is 19.3 Å². The van der Waals surface area contributed by atoms with Gasteiger partial charge in [0.1, 0.15) is 11.5 Å². The molecule has 6 nitrogen and oxygen atoms in total. The first-order chi connectivity index (χ1) is 14.5. The number of benzene rings is 2. The molecule has 0 aromatic heterocycles. The zero-order valence-electron chi connectivity index (χ0n) is 17.1. The number of rotatable bonds is 5. The highest BCUT2D eigenvalue weighted by Gasteiger charge is 2.40. The van der Waals surface area contributed by atoms with E-state index < -0.39 is 0 Å². The van der Waals surface area contributed by atoms with Gasteiger partial charge in [0.15, 0.2) is 0 Å². The highest BCUT2D eigenvalue weighted by Crippen LogP contribution is 2.36. The predicted molar refractivity (Wildman–Crippen MR) is 115 cm³/mol. The molecule has 2 saturated heterocycles. The minimum atomic E-state index is -0.351. The third-order valence-electron chi connectivity index (χ3n) is 5.99. The summed E-state index contributed by atoms with van der Waals surface area (Å²) in [7, 11) is 3.20. The van der Waals surface area contributed by atoms with E-state index in [-0.39, 0.29) is 24.2 Å². The monoisotopic (exact) mass is 428 g/mol. The standard InChI is InChI=1S/C23H25ClN2O4/c1-29-19-6-3-15(4-7-19)16-9-10-25(13-16)23(28)17-11-22(27)26(14-17)20-12-18(24)5-8-21(20)30-2/h3-8,12,16-17H,9-11,13-14H2,1-2H3. The molecule has 30 heavy (non-hydrogen) atoms. The molecule has 2 aromatic carbocycles. The van der Waals surface area contributed by atoms with Gasteiger partial charge in [-0.1, -0.05) is 23.7 Å². The second-order valence-electron chi connectivity index (χ2n) is 7.76. The summed E-state index contributed by atoms with van der Waals surface area (Å²) in [5, 5.41) is 0.523. The van der Waals surface area contributed by atoms with Gasteiger partial charge in [-0.05, 0) is 42.3 Å². The summed E-state index contributed by atoms with van der Waals surface area (Å²) in [5.74, 6) is 1.31. The number of anilines is 1. The molecular formula is C23H25ClN2O4. The first-order valence-electron chi connectivity index (χ1n) is 10.1. The van der Waals surface area contributed by atoms with Gasteiger partial charge >= 0.3 is 0 Å². The van der Waals surface area contributed by atoms with Crippen molar-refractivity contribution < 1.29 is 19.1 Å². The van der Waals surface area contributed by atoms with Gasteiger partial charge in [0.05, 0.1) is 25.8 Å². The summed E-state index contributed by atoms with van der Waals surface area (Å²) >= 11 is 6.12. The van der Waals surface area contributed by atoms with Crippen LogP contribution in [0.2, 0.25) is 5.02 Å². The van der Waals surface area contributed by atoms with Crippen LogP contribution in [-0.4, -0.2) is 50.6 Å². The molecule has 2 fully saturated rings. The van der Waals surface area contributed by atoms with E-state index in [2.05, 4.69) is 12.1 Å². The smallest absolute Gasteiger partial charge is 0.228 e. The van der Waals surface area contributed by atoms with Gasteiger partial charge in [0, 0.05) is 37.0 Å². The topological polar surface area (TPSA) is 59.1 Å². The highest BCUT2D eigenvalue weighted by atomic mass is 35.5. The molecule has 7 heteroatoms. The number of carbonyl (C=O) groups excluding carboxylic acids is 2. The second kappa shape index (κ2) is 8.56.